The number of hydrogen-bond donors (Lipinski definition) is 2. The predicted molar refractivity (Wildman–Crippen MR) is 152 cm³/mol. The lowest BCUT2D eigenvalue weighted by Gasteiger charge is -2.52. The molecule has 222 valence electrons. The molecule has 3 N–H and O–H groups in total. The summed E-state index contributed by atoms with van der Waals surface area (Å²) in [5, 5.41) is -0.00271. The van der Waals surface area contributed by atoms with Gasteiger partial charge in [-0.15, -0.1) is 0 Å². The van der Waals surface area contributed by atoms with Crippen molar-refractivity contribution in [3.05, 3.63) is 40.4 Å². The molecule has 1 aliphatic carbocycles. The Morgan fingerprint density at radius 3 is 2.61 bits per heavy atom. The summed E-state index contributed by atoms with van der Waals surface area (Å²) in [6.45, 7) is 8.68. The number of aromatic nitrogens is 4. The fraction of sp³-hybridized carbons (Fsp3) is 0.607. The van der Waals surface area contributed by atoms with Crippen molar-refractivity contribution >= 4 is 34.5 Å². The molecular weight excluding hydrogens is 557 g/mol. The molecule has 1 aromatic carbocycles. The molecule has 0 bridgehead atoms. The van der Waals surface area contributed by atoms with E-state index in [9.17, 15) is 13.2 Å². The molecule has 6 rings (SSSR count). The van der Waals surface area contributed by atoms with Crippen LogP contribution in [0.3, 0.4) is 0 Å². The van der Waals surface area contributed by atoms with Crippen LogP contribution in [0.1, 0.15) is 57.0 Å². The maximum atomic E-state index is 14.1. The van der Waals surface area contributed by atoms with Crippen molar-refractivity contribution in [3.8, 4) is 0 Å². The number of halogens is 4. The Morgan fingerprint density at radius 2 is 1.95 bits per heavy atom. The van der Waals surface area contributed by atoms with Crippen molar-refractivity contribution in [2.75, 3.05) is 30.0 Å². The van der Waals surface area contributed by atoms with Crippen LogP contribution in [0.15, 0.2) is 18.2 Å². The average molecular weight is 593 g/mol. The van der Waals surface area contributed by atoms with Crippen molar-refractivity contribution in [2.45, 2.75) is 83.2 Å². The van der Waals surface area contributed by atoms with Crippen LogP contribution in [0.25, 0.3) is 11.2 Å². The Hall–Kier alpha value is -2.67. The lowest BCUT2D eigenvalue weighted by Crippen LogP contribution is -2.59. The first kappa shape index (κ1) is 28.4. The standard InChI is InChI=1S/C28H36ClF3N8O/c1-15-13-39(25-23-26(36-27(35-25)37-33)40(17(3)34-23)14-20-5-4-8-41-20)16(2)12-38(15)24(19-10-28(31,32)11-19)18-6-7-22(30)21(29)9-18/h6-7,9,15-16,19-20,24H,4-5,8,10-14,33H2,1-3H3,(H,35,36,37)/t15-,16+,20+,24?/m1/s1. The highest BCUT2D eigenvalue weighted by molar-refractivity contribution is 6.30. The zero-order valence-electron chi connectivity index (χ0n) is 23.5. The number of rotatable bonds is 7. The molecule has 13 heteroatoms. The lowest BCUT2D eigenvalue weighted by atomic mass is 9.73. The van der Waals surface area contributed by atoms with E-state index in [2.05, 4.69) is 38.6 Å². The Kier molecular flexibility index (Phi) is 7.54. The highest BCUT2D eigenvalue weighted by atomic mass is 35.5. The molecule has 0 spiro atoms. The molecule has 41 heavy (non-hydrogen) atoms. The maximum absolute atomic E-state index is 14.1. The van der Waals surface area contributed by atoms with E-state index in [1.165, 1.54) is 6.07 Å². The number of nitrogen functional groups attached to an aromatic ring is 1. The van der Waals surface area contributed by atoms with Crippen LogP contribution < -0.4 is 16.2 Å². The van der Waals surface area contributed by atoms with E-state index in [0.29, 0.717) is 42.6 Å². The van der Waals surface area contributed by atoms with Gasteiger partial charge in [0.25, 0.3) is 0 Å². The average Bonchev–Trinajstić information content (AvgIpc) is 3.54. The number of aryl methyl sites for hydroxylation is 1. The molecule has 0 radical (unpaired) electrons. The van der Waals surface area contributed by atoms with Crippen molar-refractivity contribution in [2.24, 2.45) is 11.8 Å². The van der Waals surface area contributed by atoms with Gasteiger partial charge in [0.15, 0.2) is 17.0 Å². The molecule has 4 atom stereocenters. The Balaban J connectivity index is 1.32. The van der Waals surface area contributed by atoms with E-state index in [-0.39, 0.29) is 48.0 Å². The zero-order chi connectivity index (χ0) is 29.1. The number of nitrogens with one attached hydrogen (secondary N) is 1. The zero-order valence-corrected chi connectivity index (χ0v) is 24.2. The summed E-state index contributed by atoms with van der Waals surface area (Å²) in [6, 6.07) is 4.18. The second-order valence-electron chi connectivity index (χ2n) is 11.8. The van der Waals surface area contributed by atoms with Crippen LogP contribution in [-0.2, 0) is 11.3 Å². The highest BCUT2D eigenvalue weighted by Gasteiger charge is 2.51. The number of ether oxygens (including phenoxy) is 1. The van der Waals surface area contributed by atoms with E-state index in [1.807, 2.05) is 6.92 Å². The van der Waals surface area contributed by atoms with Crippen LogP contribution in [0.4, 0.5) is 24.9 Å². The fourth-order valence-electron chi connectivity index (χ4n) is 6.77. The van der Waals surface area contributed by atoms with E-state index in [0.717, 1.165) is 30.8 Å². The van der Waals surface area contributed by atoms with E-state index in [4.69, 9.17) is 32.1 Å². The Morgan fingerprint density at radius 1 is 1.17 bits per heavy atom. The molecule has 1 unspecified atom stereocenters. The van der Waals surface area contributed by atoms with Gasteiger partial charge in [-0.1, -0.05) is 17.7 Å². The second kappa shape index (κ2) is 10.9. The van der Waals surface area contributed by atoms with Gasteiger partial charge in [-0.2, -0.15) is 9.97 Å². The number of nitrogens with two attached hydrogens (primary N) is 1. The number of hydrazine groups is 1. The van der Waals surface area contributed by atoms with Crippen LogP contribution in [0, 0.1) is 18.7 Å². The number of fused-ring (bicyclic) bond motifs is 1. The van der Waals surface area contributed by atoms with Gasteiger partial charge < -0.3 is 14.2 Å². The molecule has 2 saturated heterocycles. The number of benzene rings is 1. The minimum absolute atomic E-state index is 0.00271. The summed E-state index contributed by atoms with van der Waals surface area (Å²) in [4.78, 5) is 18.7. The van der Waals surface area contributed by atoms with Crippen LogP contribution in [-0.4, -0.2) is 68.2 Å². The van der Waals surface area contributed by atoms with Gasteiger partial charge in [0.2, 0.25) is 11.9 Å². The SMILES string of the molecule is Cc1nc2c(N3C[C@@H](C)N(C(c4ccc(F)c(Cl)c4)C4CC(F)(F)C4)C[C@@H]3C)nc(NN)nc2n1C[C@@H]1CCCO1. The number of nitrogens with zero attached hydrogens (tertiary/aromatic N) is 6. The second-order valence-corrected chi connectivity index (χ2v) is 12.2. The molecule has 2 aromatic heterocycles. The Labute approximate surface area is 242 Å². The van der Waals surface area contributed by atoms with Crippen molar-refractivity contribution in [1.29, 1.82) is 0 Å². The molecule has 3 aliphatic rings. The van der Waals surface area contributed by atoms with Gasteiger partial charge in [0.05, 0.1) is 17.7 Å². The molecule has 3 aromatic rings. The van der Waals surface area contributed by atoms with Crippen LogP contribution >= 0.6 is 11.6 Å². The van der Waals surface area contributed by atoms with E-state index in [1.54, 1.807) is 12.1 Å². The monoisotopic (exact) mass is 592 g/mol. The number of anilines is 2. The first-order valence-corrected chi connectivity index (χ1v) is 14.6. The summed E-state index contributed by atoms with van der Waals surface area (Å²) >= 11 is 6.14. The van der Waals surface area contributed by atoms with Gasteiger partial charge in [0.1, 0.15) is 11.6 Å². The minimum atomic E-state index is -2.68. The lowest BCUT2D eigenvalue weighted by molar-refractivity contribution is -0.137. The maximum Gasteiger partial charge on any atom is 0.248 e. The minimum Gasteiger partial charge on any atom is -0.376 e. The normalized spacial score (nSPS) is 26.0. The predicted octanol–water partition coefficient (Wildman–Crippen LogP) is 5.08. The summed E-state index contributed by atoms with van der Waals surface area (Å²) in [6.07, 6.45) is 1.73. The van der Waals surface area contributed by atoms with Crippen molar-refractivity contribution < 1.29 is 17.9 Å². The number of imidazole rings is 1. The van der Waals surface area contributed by atoms with Crippen molar-refractivity contribution in [1.82, 2.24) is 24.4 Å². The van der Waals surface area contributed by atoms with Gasteiger partial charge in [-0.25, -0.2) is 24.0 Å². The first-order valence-electron chi connectivity index (χ1n) is 14.2. The third kappa shape index (κ3) is 5.35. The molecule has 9 nitrogen and oxygen atoms in total. The van der Waals surface area contributed by atoms with E-state index < -0.39 is 11.7 Å². The van der Waals surface area contributed by atoms with Gasteiger partial charge >= 0.3 is 0 Å². The Bertz CT molecular complexity index is 1420. The van der Waals surface area contributed by atoms with Gasteiger partial charge in [0, 0.05) is 50.7 Å². The van der Waals surface area contributed by atoms with Crippen molar-refractivity contribution in [3.63, 3.8) is 0 Å². The van der Waals surface area contributed by atoms with Gasteiger partial charge in [-0.05, 0) is 57.2 Å². The summed E-state index contributed by atoms with van der Waals surface area (Å²) in [5.74, 6) is 4.11. The molecular formula is C28H36ClF3N8O. The number of hydrogen-bond acceptors (Lipinski definition) is 8. The first-order chi connectivity index (χ1) is 19.5. The third-order valence-electron chi connectivity index (χ3n) is 8.82. The highest BCUT2D eigenvalue weighted by Crippen LogP contribution is 2.51. The van der Waals surface area contributed by atoms with Crippen LogP contribution in [0.5, 0.6) is 0 Å². The summed E-state index contributed by atoms with van der Waals surface area (Å²) in [7, 11) is 0. The molecule has 4 heterocycles. The number of alkyl halides is 2. The quantitative estimate of drug-likeness (QED) is 0.290. The molecule has 0 amide bonds. The molecule has 1 saturated carbocycles. The van der Waals surface area contributed by atoms with Gasteiger partial charge in [-0.3, -0.25) is 10.3 Å². The number of piperazine rings is 1. The molecule has 2 aliphatic heterocycles. The summed E-state index contributed by atoms with van der Waals surface area (Å²) in [5.41, 5.74) is 4.74. The molecule has 3 fully saturated rings. The van der Waals surface area contributed by atoms with Crippen LogP contribution in [0.2, 0.25) is 5.02 Å². The smallest absolute Gasteiger partial charge is 0.248 e. The third-order valence-corrected chi connectivity index (χ3v) is 9.11. The largest absolute Gasteiger partial charge is 0.376 e. The summed E-state index contributed by atoms with van der Waals surface area (Å²) < 4.78 is 50.1. The fourth-order valence-corrected chi connectivity index (χ4v) is 6.96. The topological polar surface area (TPSA) is 97.4 Å². The van der Waals surface area contributed by atoms with E-state index >= 15 is 0 Å².